The number of allylic oxidation sites excluding steroid dienone is 1. The molecule has 3 nitrogen and oxygen atoms in total. The largest absolute Gasteiger partial charge is 0.360 e. The first-order valence-corrected chi connectivity index (χ1v) is 5.00. The number of carbonyl (C=O) groups is 1. The van der Waals surface area contributed by atoms with Gasteiger partial charge in [0.05, 0.1) is 0 Å². The van der Waals surface area contributed by atoms with Crippen LogP contribution >= 0.6 is 0 Å². The van der Waals surface area contributed by atoms with Crippen LogP contribution in [-0.4, -0.2) is 5.91 Å². The zero-order valence-electron chi connectivity index (χ0n) is 8.76. The van der Waals surface area contributed by atoms with Gasteiger partial charge in [-0.3, -0.25) is 4.79 Å². The van der Waals surface area contributed by atoms with Crippen LogP contribution in [0.4, 0.5) is 11.4 Å². The fourth-order valence-corrected chi connectivity index (χ4v) is 1.71. The van der Waals surface area contributed by atoms with Gasteiger partial charge in [-0.25, -0.2) is 0 Å². The predicted octanol–water partition coefficient (Wildman–Crippen LogP) is 2.52. The lowest BCUT2D eigenvalue weighted by Crippen LogP contribution is -2.18. The predicted molar refractivity (Wildman–Crippen MR) is 61.8 cm³/mol. The molecule has 1 aliphatic rings. The third-order valence-electron chi connectivity index (χ3n) is 2.36. The van der Waals surface area contributed by atoms with Crippen molar-refractivity contribution in [2.24, 2.45) is 0 Å². The maximum Gasteiger partial charge on any atom is 0.224 e. The molecule has 0 aromatic heterocycles. The molecule has 1 aliphatic heterocycles. The molecule has 1 aromatic carbocycles. The Morgan fingerprint density at radius 2 is 2.27 bits per heavy atom. The maximum atomic E-state index is 11.1. The molecule has 1 heterocycles. The molecular formula is C12H14N2O. The molecule has 1 amide bonds. The number of hydrogen-bond donors (Lipinski definition) is 2. The van der Waals surface area contributed by atoms with Crippen LogP contribution in [0.1, 0.15) is 18.9 Å². The minimum absolute atomic E-state index is 0.100. The van der Waals surface area contributed by atoms with E-state index in [1.165, 1.54) is 5.56 Å². The van der Waals surface area contributed by atoms with Gasteiger partial charge in [-0.1, -0.05) is 6.58 Å². The Bertz CT molecular complexity index is 424. The SMILES string of the molecule is C=C(C)Nc1ccc2c(c1)CCC(=O)N2. The van der Waals surface area contributed by atoms with Crippen molar-refractivity contribution in [3.05, 3.63) is 36.0 Å². The first-order valence-electron chi connectivity index (χ1n) is 5.00. The molecule has 2 rings (SSSR count). The number of carbonyl (C=O) groups excluding carboxylic acids is 1. The van der Waals surface area contributed by atoms with Crippen molar-refractivity contribution in [3.8, 4) is 0 Å². The van der Waals surface area contributed by atoms with Gasteiger partial charge in [-0.05, 0) is 37.1 Å². The fraction of sp³-hybridized carbons (Fsp3) is 0.250. The average Bonchev–Trinajstić information content (AvgIpc) is 2.17. The number of hydrogen-bond acceptors (Lipinski definition) is 2. The second-order valence-corrected chi connectivity index (χ2v) is 3.83. The van der Waals surface area contributed by atoms with Gasteiger partial charge in [0.15, 0.2) is 0 Å². The van der Waals surface area contributed by atoms with Crippen molar-refractivity contribution in [2.75, 3.05) is 10.6 Å². The topological polar surface area (TPSA) is 41.1 Å². The molecule has 0 atom stereocenters. The van der Waals surface area contributed by atoms with Gasteiger partial charge in [-0.15, -0.1) is 0 Å². The van der Waals surface area contributed by atoms with Crippen LogP contribution in [-0.2, 0) is 11.2 Å². The van der Waals surface area contributed by atoms with Crippen LogP contribution in [0.15, 0.2) is 30.5 Å². The maximum absolute atomic E-state index is 11.1. The molecule has 0 spiro atoms. The van der Waals surface area contributed by atoms with Crippen molar-refractivity contribution in [1.29, 1.82) is 0 Å². The monoisotopic (exact) mass is 202 g/mol. The van der Waals surface area contributed by atoms with Crippen LogP contribution in [0.5, 0.6) is 0 Å². The van der Waals surface area contributed by atoms with Crippen molar-refractivity contribution >= 4 is 17.3 Å². The Morgan fingerprint density at radius 3 is 3.00 bits per heavy atom. The molecule has 0 aliphatic carbocycles. The van der Waals surface area contributed by atoms with Gasteiger partial charge in [0.1, 0.15) is 0 Å². The summed E-state index contributed by atoms with van der Waals surface area (Å²) in [6, 6.07) is 5.93. The summed E-state index contributed by atoms with van der Waals surface area (Å²) < 4.78 is 0. The number of anilines is 2. The van der Waals surface area contributed by atoms with Crippen LogP contribution in [0, 0.1) is 0 Å². The number of amides is 1. The van der Waals surface area contributed by atoms with E-state index in [1.54, 1.807) is 0 Å². The summed E-state index contributed by atoms with van der Waals surface area (Å²) in [6.45, 7) is 5.71. The average molecular weight is 202 g/mol. The van der Waals surface area contributed by atoms with E-state index in [1.807, 2.05) is 19.1 Å². The Kier molecular flexibility index (Phi) is 2.46. The quantitative estimate of drug-likeness (QED) is 0.773. The number of benzene rings is 1. The highest BCUT2D eigenvalue weighted by atomic mass is 16.1. The van der Waals surface area contributed by atoms with Crippen molar-refractivity contribution in [2.45, 2.75) is 19.8 Å². The Morgan fingerprint density at radius 1 is 1.47 bits per heavy atom. The second kappa shape index (κ2) is 3.77. The number of aryl methyl sites for hydroxylation is 1. The molecule has 0 bridgehead atoms. The zero-order valence-corrected chi connectivity index (χ0v) is 8.76. The first-order chi connectivity index (χ1) is 7.15. The summed E-state index contributed by atoms with van der Waals surface area (Å²) in [7, 11) is 0. The minimum Gasteiger partial charge on any atom is -0.360 e. The highest BCUT2D eigenvalue weighted by molar-refractivity contribution is 5.94. The Labute approximate surface area is 89.2 Å². The van der Waals surface area contributed by atoms with Crippen LogP contribution in [0.25, 0.3) is 0 Å². The van der Waals surface area contributed by atoms with E-state index in [0.29, 0.717) is 6.42 Å². The summed E-state index contributed by atoms with van der Waals surface area (Å²) in [4.78, 5) is 11.1. The molecule has 0 unspecified atom stereocenters. The highest BCUT2D eigenvalue weighted by Gasteiger charge is 2.14. The smallest absolute Gasteiger partial charge is 0.224 e. The summed E-state index contributed by atoms with van der Waals surface area (Å²) >= 11 is 0. The van der Waals surface area contributed by atoms with Crippen molar-refractivity contribution in [3.63, 3.8) is 0 Å². The zero-order chi connectivity index (χ0) is 10.8. The number of fused-ring (bicyclic) bond motifs is 1. The van der Waals surface area contributed by atoms with E-state index in [9.17, 15) is 4.79 Å². The van der Waals surface area contributed by atoms with E-state index in [2.05, 4.69) is 23.3 Å². The number of nitrogens with one attached hydrogen (secondary N) is 2. The minimum atomic E-state index is 0.100. The Balaban J connectivity index is 2.26. The highest BCUT2D eigenvalue weighted by Crippen LogP contribution is 2.25. The van der Waals surface area contributed by atoms with E-state index >= 15 is 0 Å². The Hall–Kier alpha value is -1.77. The van der Waals surface area contributed by atoms with E-state index in [4.69, 9.17) is 0 Å². The number of rotatable bonds is 2. The van der Waals surface area contributed by atoms with Crippen molar-refractivity contribution in [1.82, 2.24) is 0 Å². The van der Waals surface area contributed by atoms with Gasteiger partial charge in [0.25, 0.3) is 0 Å². The lowest BCUT2D eigenvalue weighted by Gasteiger charge is -2.18. The molecule has 78 valence electrons. The standard InChI is InChI=1S/C12H14N2O/c1-8(2)13-10-4-5-11-9(7-10)3-6-12(15)14-11/h4-5,7,13H,1,3,6H2,2H3,(H,14,15). The molecule has 2 N–H and O–H groups in total. The molecular weight excluding hydrogens is 188 g/mol. The second-order valence-electron chi connectivity index (χ2n) is 3.83. The molecule has 0 fully saturated rings. The normalized spacial score (nSPS) is 14.1. The molecule has 0 saturated carbocycles. The van der Waals surface area contributed by atoms with E-state index in [-0.39, 0.29) is 5.91 Å². The summed E-state index contributed by atoms with van der Waals surface area (Å²) in [5.41, 5.74) is 4.05. The van der Waals surface area contributed by atoms with Crippen molar-refractivity contribution < 1.29 is 4.79 Å². The summed E-state index contributed by atoms with van der Waals surface area (Å²) in [5, 5.41) is 6.01. The molecule has 3 heteroatoms. The van der Waals surface area contributed by atoms with Crippen LogP contribution < -0.4 is 10.6 Å². The summed E-state index contributed by atoms with van der Waals surface area (Å²) in [6.07, 6.45) is 1.39. The van der Waals surface area contributed by atoms with E-state index in [0.717, 1.165) is 23.5 Å². The molecule has 1 aromatic rings. The third-order valence-corrected chi connectivity index (χ3v) is 2.36. The van der Waals surface area contributed by atoms with Gasteiger partial charge in [0, 0.05) is 23.5 Å². The van der Waals surface area contributed by atoms with Crippen LogP contribution in [0.2, 0.25) is 0 Å². The first kappa shape index (κ1) is 9.77. The van der Waals surface area contributed by atoms with Gasteiger partial charge < -0.3 is 10.6 Å². The van der Waals surface area contributed by atoms with Gasteiger partial charge in [-0.2, -0.15) is 0 Å². The lowest BCUT2D eigenvalue weighted by molar-refractivity contribution is -0.116. The molecule has 0 radical (unpaired) electrons. The molecule has 0 saturated heterocycles. The third kappa shape index (κ3) is 2.18. The molecule has 15 heavy (non-hydrogen) atoms. The fourth-order valence-electron chi connectivity index (χ4n) is 1.71. The summed E-state index contributed by atoms with van der Waals surface area (Å²) in [5.74, 6) is 0.100. The van der Waals surface area contributed by atoms with Crippen LogP contribution in [0.3, 0.4) is 0 Å². The lowest BCUT2D eigenvalue weighted by atomic mass is 10.0. The van der Waals surface area contributed by atoms with E-state index < -0.39 is 0 Å². The van der Waals surface area contributed by atoms with Gasteiger partial charge in [0.2, 0.25) is 5.91 Å². The van der Waals surface area contributed by atoms with Gasteiger partial charge >= 0.3 is 0 Å².